The SMILES string of the molecule is CC1(C)COc2c(S(=O)NC(=O)Nc3c4c(cc5c3CC5)CCC4)cnn2C1. The van der Waals surface area contributed by atoms with E-state index in [1.807, 2.05) is 0 Å². The molecule has 0 saturated heterocycles. The first-order chi connectivity index (χ1) is 13.4. The van der Waals surface area contributed by atoms with Crippen molar-refractivity contribution in [2.24, 2.45) is 5.41 Å². The number of carbonyl (C=O) groups excluding carboxylic acids is 1. The van der Waals surface area contributed by atoms with Crippen molar-refractivity contribution in [2.75, 3.05) is 11.9 Å². The Balaban J connectivity index is 1.33. The number of anilines is 1. The van der Waals surface area contributed by atoms with Crippen LogP contribution in [-0.4, -0.2) is 26.6 Å². The van der Waals surface area contributed by atoms with E-state index in [4.69, 9.17) is 4.74 Å². The fourth-order valence-electron chi connectivity index (χ4n) is 4.33. The van der Waals surface area contributed by atoms with Gasteiger partial charge in [-0.25, -0.2) is 13.7 Å². The second-order valence-electron chi connectivity index (χ2n) is 8.63. The fraction of sp³-hybridized carbons (Fsp3) is 0.500. The molecule has 0 bridgehead atoms. The molecule has 1 atom stereocenters. The van der Waals surface area contributed by atoms with Gasteiger partial charge in [0.15, 0.2) is 11.0 Å². The minimum atomic E-state index is -1.73. The number of ether oxygens (including phenoxy) is 1. The van der Waals surface area contributed by atoms with Gasteiger partial charge in [0, 0.05) is 11.1 Å². The van der Waals surface area contributed by atoms with E-state index in [0.717, 1.165) is 37.8 Å². The molecule has 1 aromatic heterocycles. The lowest BCUT2D eigenvalue weighted by molar-refractivity contribution is 0.0972. The van der Waals surface area contributed by atoms with Crippen molar-refractivity contribution in [2.45, 2.75) is 57.4 Å². The summed E-state index contributed by atoms with van der Waals surface area (Å²) in [5.41, 5.74) is 6.05. The standard InChI is InChI=1S/C20H24N4O3S/c1-20(2)10-24-18(27-11-20)16(9-21-24)28(26)23-19(25)22-17-14-5-3-4-12(14)8-13-6-7-15(13)17/h8-9H,3-7,10-11H2,1-2H3,(H2,22,23,25). The molecule has 3 aliphatic rings. The summed E-state index contributed by atoms with van der Waals surface area (Å²) in [6.45, 7) is 5.40. The Labute approximate surface area is 166 Å². The highest BCUT2D eigenvalue weighted by atomic mass is 32.2. The predicted octanol–water partition coefficient (Wildman–Crippen LogP) is 2.73. The molecule has 0 fully saturated rings. The molecule has 148 valence electrons. The molecule has 28 heavy (non-hydrogen) atoms. The number of aryl methyl sites for hydroxylation is 2. The lowest BCUT2D eigenvalue weighted by Gasteiger charge is -2.30. The van der Waals surface area contributed by atoms with Crippen LogP contribution in [0.5, 0.6) is 5.88 Å². The number of aromatic nitrogens is 2. The van der Waals surface area contributed by atoms with Gasteiger partial charge in [0.1, 0.15) is 4.90 Å². The monoisotopic (exact) mass is 400 g/mol. The van der Waals surface area contributed by atoms with Gasteiger partial charge in [-0.1, -0.05) is 19.9 Å². The van der Waals surface area contributed by atoms with Crippen LogP contribution in [0.2, 0.25) is 0 Å². The fourth-order valence-corrected chi connectivity index (χ4v) is 5.13. The normalized spacial score (nSPS) is 19.5. The lowest BCUT2D eigenvalue weighted by Crippen LogP contribution is -2.34. The second-order valence-corrected chi connectivity index (χ2v) is 9.81. The second kappa shape index (κ2) is 6.34. The lowest BCUT2D eigenvalue weighted by atomic mass is 9.83. The number of urea groups is 1. The first kappa shape index (κ1) is 17.7. The number of nitrogens with one attached hydrogen (secondary N) is 2. The van der Waals surface area contributed by atoms with E-state index in [1.165, 1.54) is 28.5 Å². The van der Waals surface area contributed by atoms with E-state index in [0.29, 0.717) is 23.9 Å². The van der Waals surface area contributed by atoms with Gasteiger partial charge < -0.3 is 10.1 Å². The minimum Gasteiger partial charge on any atom is -0.476 e. The van der Waals surface area contributed by atoms with E-state index in [2.05, 4.69) is 35.1 Å². The highest BCUT2D eigenvalue weighted by Gasteiger charge is 2.31. The zero-order valence-electron chi connectivity index (χ0n) is 16.1. The Morgan fingerprint density at radius 2 is 2.00 bits per heavy atom. The molecule has 2 heterocycles. The van der Waals surface area contributed by atoms with Crippen LogP contribution in [0.15, 0.2) is 17.2 Å². The van der Waals surface area contributed by atoms with Crippen molar-refractivity contribution in [3.8, 4) is 5.88 Å². The van der Waals surface area contributed by atoms with Crippen molar-refractivity contribution >= 4 is 22.7 Å². The van der Waals surface area contributed by atoms with Gasteiger partial charge in [-0.15, -0.1) is 0 Å². The predicted molar refractivity (Wildman–Crippen MR) is 106 cm³/mol. The highest BCUT2D eigenvalue weighted by Crippen LogP contribution is 2.39. The summed E-state index contributed by atoms with van der Waals surface area (Å²) in [6.07, 6.45) is 6.75. The topological polar surface area (TPSA) is 85.2 Å². The first-order valence-electron chi connectivity index (χ1n) is 9.76. The van der Waals surface area contributed by atoms with Crippen LogP contribution in [0.25, 0.3) is 0 Å². The van der Waals surface area contributed by atoms with E-state index in [1.54, 1.807) is 4.68 Å². The van der Waals surface area contributed by atoms with Gasteiger partial charge in [-0.05, 0) is 54.4 Å². The Kier molecular flexibility index (Phi) is 4.01. The maximum absolute atomic E-state index is 12.7. The van der Waals surface area contributed by atoms with E-state index >= 15 is 0 Å². The van der Waals surface area contributed by atoms with Gasteiger partial charge in [0.2, 0.25) is 5.88 Å². The van der Waals surface area contributed by atoms with Crippen molar-refractivity contribution < 1.29 is 13.7 Å². The summed E-state index contributed by atoms with van der Waals surface area (Å²) < 4.78 is 22.8. The molecule has 7 nitrogen and oxygen atoms in total. The number of carbonyl (C=O) groups is 1. The van der Waals surface area contributed by atoms with E-state index in [-0.39, 0.29) is 5.41 Å². The molecular formula is C20H24N4O3S. The molecule has 0 saturated carbocycles. The number of nitrogens with zero attached hydrogens (tertiary/aromatic N) is 2. The Hall–Kier alpha value is -2.35. The number of amides is 2. The van der Waals surface area contributed by atoms with Gasteiger partial charge >= 0.3 is 6.03 Å². The van der Waals surface area contributed by atoms with Crippen LogP contribution in [0.1, 0.15) is 42.5 Å². The molecule has 0 radical (unpaired) electrons. The van der Waals surface area contributed by atoms with Crippen LogP contribution in [-0.2, 0) is 43.2 Å². The van der Waals surface area contributed by atoms with Crippen LogP contribution in [0, 0.1) is 5.41 Å². The average Bonchev–Trinajstić information content (AvgIpc) is 3.22. The third-order valence-corrected chi connectivity index (χ3v) is 6.86. The van der Waals surface area contributed by atoms with Crippen LogP contribution < -0.4 is 14.8 Å². The Morgan fingerprint density at radius 3 is 2.79 bits per heavy atom. The van der Waals surface area contributed by atoms with Crippen molar-refractivity contribution in [3.05, 3.63) is 34.5 Å². The number of hydrogen-bond acceptors (Lipinski definition) is 4. The molecular weight excluding hydrogens is 376 g/mol. The third-order valence-electron chi connectivity index (χ3n) is 5.81. The number of hydrogen-bond donors (Lipinski definition) is 2. The van der Waals surface area contributed by atoms with E-state index in [9.17, 15) is 9.00 Å². The summed E-state index contributed by atoms with van der Waals surface area (Å²) in [6, 6.07) is 1.84. The first-order valence-corrected chi connectivity index (χ1v) is 10.9. The summed E-state index contributed by atoms with van der Waals surface area (Å²) in [7, 11) is -1.73. The van der Waals surface area contributed by atoms with Crippen LogP contribution >= 0.6 is 0 Å². The zero-order valence-corrected chi connectivity index (χ0v) is 16.9. The molecule has 2 amide bonds. The number of fused-ring (bicyclic) bond motifs is 3. The van der Waals surface area contributed by atoms with Gasteiger partial charge in [-0.3, -0.25) is 4.72 Å². The Morgan fingerprint density at radius 1 is 1.21 bits per heavy atom. The largest absolute Gasteiger partial charge is 0.476 e. The zero-order chi connectivity index (χ0) is 19.5. The average molecular weight is 401 g/mol. The third kappa shape index (κ3) is 2.90. The summed E-state index contributed by atoms with van der Waals surface area (Å²) >= 11 is 0. The molecule has 0 spiro atoms. The van der Waals surface area contributed by atoms with Crippen molar-refractivity contribution in [1.82, 2.24) is 14.5 Å². The quantitative estimate of drug-likeness (QED) is 0.830. The summed E-state index contributed by atoms with van der Waals surface area (Å²) in [5, 5.41) is 7.25. The summed E-state index contributed by atoms with van der Waals surface area (Å²) in [4.78, 5) is 13.0. The van der Waals surface area contributed by atoms with Crippen LogP contribution in [0.3, 0.4) is 0 Å². The minimum absolute atomic E-state index is 0.0296. The molecule has 1 aliphatic heterocycles. The summed E-state index contributed by atoms with van der Waals surface area (Å²) in [5.74, 6) is 0.475. The maximum Gasteiger partial charge on any atom is 0.331 e. The van der Waals surface area contributed by atoms with Crippen molar-refractivity contribution in [3.63, 3.8) is 0 Å². The molecule has 2 aliphatic carbocycles. The molecule has 2 aromatic rings. The molecule has 1 unspecified atom stereocenters. The van der Waals surface area contributed by atoms with E-state index < -0.39 is 17.0 Å². The number of rotatable bonds is 3. The van der Waals surface area contributed by atoms with Gasteiger partial charge in [0.25, 0.3) is 0 Å². The molecule has 5 rings (SSSR count). The van der Waals surface area contributed by atoms with Crippen molar-refractivity contribution in [1.29, 1.82) is 0 Å². The maximum atomic E-state index is 12.7. The smallest absolute Gasteiger partial charge is 0.331 e. The van der Waals surface area contributed by atoms with Crippen LogP contribution in [0.4, 0.5) is 10.5 Å². The molecule has 2 N–H and O–H groups in total. The number of benzene rings is 1. The highest BCUT2D eigenvalue weighted by molar-refractivity contribution is 7.83. The van der Waals surface area contributed by atoms with Gasteiger partial charge in [-0.2, -0.15) is 5.10 Å². The molecule has 1 aromatic carbocycles. The van der Waals surface area contributed by atoms with Gasteiger partial charge in [0.05, 0.1) is 19.3 Å². The Bertz CT molecular complexity index is 1010. The molecule has 8 heteroatoms.